The van der Waals surface area contributed by atoms with Crippen LogP contribution in [0.4, 0.5) is 0 Å². The van der Waals surface area contributed by atoms with E-state index in [9.17, 15) is 0 Å². The van der Waals surface area contributed by atoms with Crippen LogP contribution < -0.4 is 10.1 Å². The number of nitrogens with zero attached hydrogens (tertiary/aromatic N) is 3. The van der Waals surface area contributed by atoms with Gasteiger partial charge < -0.3 is 14.6 Å². The molecule has 7 heteroatoms. The normalized spacial score (nSPS) is 16.1. The molecule has 4 aromatic rings. The molecule has 3 heterocycles. The van der Waals surface area contributed by atoms with Gasteiger partial charge in [0.1, 0.15) is 23.2 Å². The largest absolute Gasteiger partial charge is 0.486 e. The van der Waals surface area contributed by atoms with E-state index < -0.39 is 0 Å². The molecule has 0 radical (unpaired) electrons. The predicted octanol–water partition coefficient (Wildman–Crippen LogP) is 4.90. The number of rotatable bonds is 7. The number of imidazole rings is 1. The molecular weight excluding hydrogens is 424 g/mol. The van der Waals surface area contributed by atoms with Crippen LogP contribution in [0.1, 0.15) is 11.4 Å². The second kappa shape index (κ2) is 9.34. The van der Waals surface area contributed by atoms with E-state index in [-0.39, 0.29) is 0 Å². The maximum atomic E-state index is 6.04. The number of fused-ring (bicyclic) bond motifs is 1. The summed E-state index contributed by atoms with van der Waals surface area (Å²) in [5.74, 6) is 2.85. The van der Waals surface area contributed by atoms with Crippen LogP contribution in [0.5, 0.6) is 5.75 Å². The molecule has 2 aromatic carbocycles. The van der Waals surface area contributed by atoms with E-state index in [0.717, 1.165) is 51.4 Å². The van der Waals surface area contributed by atoms with Crippen molar-refractivity contribution in [3.63, 3.8) is 0 Å². The highest BCUT2D eigenvalue weighted by atomic mass is 32.2. The van der Waals surface area contributed by atoms with E-state index in [1.807, 2.05) is 43.2 Å². The molecule has 1 aliphatic heterocycles. The van der Waals surface area contributed by atoms with Crippen LogP contribution in [-0.2, 0) is 20.1 Å². The first-order chi connectivity index (χ1) is 15.2. The van der Waals surface area contributed by atoms with E-state index in [1.165, 1.54) is 5.56 Å². The van der Waals surface area contributed by atoms with Gasteiger partial charge in [-0.1, -0.05) is 30.0 Å². The Kier molecular flexibility index (Phi) is 6.15. The minimum Gasteiger partial charge on any atom is -0.486 e. The quantitative estimate of drug-likeness (QED) is 0.434. The van der Waals surface area contributed by atoms with Crippen molar-refractivity contribution in [2.45, 2.75) is 28.2 Å². The number of nitrogens with one attached hydrogen (secondary N) is 1. The van der Waals surface area contributed by atoms with Gasteiger partial charge in [0.2, 0.25) is 0 Å². The molecule has 5 rings (SSSR count). The van der Waals surface area contributed by atoms with Gasteiger partial charge >= 0.3 is 0 Å². The smallest absolute Gasteiger partial charge is 0.147 e. The van der Waals surface area contributed by atoms with Crippen LogP contribution >= 0.6 is 23.5 Å². The molecule has 0 bridgehead atoms. The maximum absolute atomic E-state index is 6.04. The number of ether oxygens (including phenoxy) is 1. The zero-order chi connectivity index (χ0) is 21.0. The summed E-state index contributed by atoms with van der Waals surface area (Å²) < 4.78 is 8.14. The lowest BCUT2D eigenvalue weighted by atomic mass is 10.1. The SMILES string of the molecule is Cn1c(COc2ccc(CC3CNCS3)cc2)nc2ccc(Sc3ccccn3)cc21. The van der Waals surface area contributed by atoms with Gasteiger partial charge in [-0.2, -0.15) is 0 Å². The summed E-state index contributed by atoms with van der Waals surface area (Å²) in [5.41, 5.74) is 3.43. The van der Waals surface area contributed by atoms with Crippen LogP contribution in [0.3, 0.4) is 0 Å². The lowest BCUT2D eigenvalue weighted by Crippen LogP contribution is -2.14. The van der Waals surface area contributed by atoms with Gasteiger partial charge in [-0.25, -0.2) is 9.97 Å². The Bertz CT molecular complexity index is 1160. The highest BCUT2D eigenvalue weighted by Crippen LogP contribution is 2.29. The summed E-state index contributed by atoms with van der Waals surface area (Å²) in [6, 6.07) is 20.7. The highest BCUT2D eigenvalue weighted by Gasteiger charge is 2.15. The van der Waals surface area contributed by atoms with Gasteiger partial charge in [0, 0.05) is 35.8 Å². The molecule has 1 aliphatic rings. The molecule has 0 saturated carbocycles. The lowest BCUT2D eigenvalue weighted by Gasteiger charge is -2.10. The predicted molar refractivity (Wildman–Crippen MR) is 128 cm³/mol. The fraction of sp³-hybridized carbons (Fsp3) is 0.250. The third kappa shape index (κ3) is 4.89. The van der Waals surface area contributed by atoms with E-state index >= 15 is 0 Å². The molecule has 1 unspecified atom stereocenters. The summed E-state index contributed by atoms with van der Waals surface area (Å²) >= 11 is 3.65. The van der Waals surface area contributed by atoms with Crippen molar-refractivity contribution in [1.29, 1.82) is 0 Å². The summed E-state index contributed by atoms with van der Waals surface area (Å²) in [4.78, 5) is 10.3. The fourth-order valence-electron chi connectivity index (χ4n) is 3.66. The Hall–Kier alpha value is -2.48. The Morgan fingerprint density at radius 3 is 2.84 bits per heavy atom. The van der Waals surface area contributed by atoms with Crippen LogP contribution in [0.2, 0.25) is 0 Å². The van der Waals surface area contributed by atoms with Crippen LogP contribution in [0.25, 0.3) is 11.0 Å². The third-order valence-corrected chi connectivity index (χ3v) is 7.47. The van der Waals surface area contributed by atoms with Crippen LogP contribution in [-0.4, -0.2) is 32.2 Å². The van der Waals surface area contributed by atoms with Crippen molar-refractivity contribution in [2.75, 3.05) is 12.4 Å². The first-order valence-corrected chi connectivity index (χ1v) is 12.2. The van der Waals surface area contributed by atoms with E-state index in [4.69, 9.17) is 9.72 Å². The van der Waals surface area contributed by atoms with E-state index in [2.05, 4.69) is 57.3 Å². The van der Waals surface area contributed by atoms with Crippen molar-refractivity contribution >= 4 is 34.6 Å². The molecule has 31 heavy (non-hydrogen) atoms. The number of hydrogen-bond donors (Lipinski definition) is 1. The van der Waals surface area contributed by atoms with Gasteiger partial charge in [0.25, 0.3) is 0 Å². The second-order valence-corrected chi connectivity index (χ2v) is 9.91. The zero-order valence-corrected chi connectivity index (χ0v) is 19.0. The van der Waals surface area contributed by atoms with Gasteiger partial charge in [-0.05, 0) is 54.4 Å². The number of aryl methyl sites for hydroxylation is 1. The molecule has 5 nitrogen and oxygen atoms in total. The van der Waals surface area contributed by atoms with Gasteiger partial charge in [-0.15, -0.1) is 11.8 Å². The molecule has 1 atom stereocenters. The maximum Gasteiger partial charge on any atom is 0.147 e. The highest BCUT2D eigenvalue weighted by molar-refractivity contribution is 8.00. The van der Waals surface area contributed by atoms with Crippen molar-refractivity contribution in [3.05, 3.63) is 78.2 Å². The van der Waals surface area contributed by atoms with Gasteiger partial charge in [0.15, 0.2) is 0 Å². The fourth-order valence-corrected chi connectivity index (χ4v) is 5.49. The average Bonchev–Trinajstić information content (AvgIpc) is 3.42. The third-order valence-electron chi connectivity index (χ3n) is 5.35. The molecule has 0 amide bonds. The summed E-state index contributed by atoms with van der Waals surface area (Å²) in [6.07, 6.45) is 2.92. The standard InChI is InChI=1S/C24H24N4OS2/c1-28-22-13-19(31-24-4-2-3-11-26-24)9-10-21(22)27-23(28)15-29-18-7-5-17(6-8-18)12-20-14-25-16-30-20/h2-11,13,20,25H,12,14-16H2,1H3. The minimum atomic E-state index is 0.440. The van der Waals surface area contributed by atoms with Gasteiger partial charge in [-0.3, -0.25) is 0 Å². The zero-order valence-electron chi connectivity index (χ0n) is 17.3. The molecule has 0 spiro atoms. The Morgan fingerprint density at radius 1 is 1.16 bits per heavy atom. The van der Waals surface area contributed by atoms with Crippen molar-refractivity contribution < 1.29 is 4.74 Å². The number of thioether (sulfide) groups is 1. The van der Waals surface area contributed by atoms with Crippen molar-refractivity contribution in [2.24, 2.45) is 7.05 Å². The Morgan fingerprint density at radius 2 is 2.06 bits per heavy atom. The van der Waals surface area contributed by atoms with Gasteiger partial charge in [0.05, 0.1) is 11.0 Å². The van der Waals surface area contributed by atoms with Crippen LogP contribution in [0, 0.1) is 0 Å². The average molecular weight is 449 g/mol. The topological polar surface area (TPSA) is 52.0 Å². The van der Waals surface area contributed by atoms with E-state index in [1.54, 1.807) is 11.8 Å². The summed E-state index contributed by atoms with van der Waals surface area (Å²) in [5, 5.41) is 5.06. The first kappa shape index (κ1) is 20.4. The minimum absolute atomic E-state index is 0.440. The van der Waals surface area contributed by atoms with Crippen LogP contribution in [0.15, 0.2) is 76.8 Å². The van der Waals surface area contributed by atoms with Crippen molar-refractivity contribution in [1.82, 2.24) is 19.9 Å². The monoisotopic (exact) mass is 448 g/mol. The molecule has 1 saturated heterocycles. The lowest BCUT2D eigenvalue weighted by molar-refractivity contribution is 0.292. The molecule has 1 fully saturated rings. The second-order valence-electron chi connectivity index (χ2n) is 7.53. The first-order valence-electron chi connectivity index (χ1n) is 10.3. The Labute approximate surface area is 190 Å². The summed E-state index contributed by atoms with van der Waals surface area (Å²) in [6.45, 7) is 1.54. The number of aromatic nitrogens is 3. The molecule has 1 N–H and O–H groups in total. The summed E-state index contributed by atoms with van der Waals surface area (Å²) in [7, 11) is 2.04. The molecule has 2 aromatic heterocycles. The van der Waals surface area contributed by atoms with Crippen molar-refractivity contribution in [3.8, 4) is 5.75 Å². The molecule has 0 aliphatic carbocycles. The molecule has 158 valence electrons. The number of pyridine rings is 1. The van der Waals surface area contributed by atoms with E-state index in [0.29, 0.717) is 11.9 Å². The number of benzene rings is 2. The number of hydrogen-bond acceptors (Lipinski definition) is 6. The molecular formula is C24H24N4OS2. The Balaban J connectivity index is 1.25.